The quantitative estimate of drug-likeness (QED) is 0.512. The number of carbonyl (C=O) groups is 3. The normalized spacial score (nSPS) is 17.6. The summed E-state index contributed by atoms with van der Waals surface area (Å²) in [6, 6.07) is 20.5. The highest BCUT2D eigenvalue weighted by Gasteiger charge is 2.49. The van der Waals surface area contributed by atoms with Gasteiger partial charge < -0.3 is 15.4 Å². The SMILES string of the molecule is Cc1ccc(Oc2ccc(Cl)cc2NC(=O)CN2C(=O)NC(C)(c3ccccc3)C2=O)cc1. The maximum atomic E-state index is 13.0. The Hall–Kier alpha value is -3.84. The topological polar surface area (TPSA) is 87.7 Å². The summed E-state index contributed by atoms with van der Waals surface area (Å²) in [5.74, 6) is -0.100. The van der Waals surface area contributed by atoms with Crippen LogP contribution >= 0.6 is 11.6 Å². The summed E-state index contributed by atoms with van der Waals surface area (Å²) in [7, 11) is 0. The highest BCUT2D eigenvalue weighted by molar-refractivity contribution is 6.31. The molecular formula is C25H22ClN3O4. The van der Waals surface area contributed by atoms with Gasteiger partial charge in [0.1, 0.15) is 17.8 Å². The number of hydrogen-bond acceptors (Lipinski definition) is 4. The molecule has 1 fully saturated rings. The van der Waals surface area contributed by atoms with Gasteiger partial charge in [0.15, 0.2) is 5.75 Å². The lowest BCUT2D eigenvalue weighted by atomic mass is 9.92. The summed E-state index contributed by atoms with van der Waals surface area (Å²) in [5.41, 5.74) is 0.804. The van der Waals surface area contributed by atoms with E-state index in [1.54, 1.807) is 49.4 Å². The first-order valence-corrected chi connectivity index (χ1v) is 10.7. The summed E-state index contributed by atoms with van der Waals surface area (Å²) in [6.45, 7) is 3.13. The molecule has 1 unspecified atom stereocenters. The molecule has 1 atom stereocenters. The predicted octanol–water partition coefficient (Wildman–Crippen LogP) is 4.85. The van der Waals surface area contributed by atoms with E-state index in [2.05, 4.69) is 10.6 Å². The van der Waals surface area contributed by atoms with E-state index in [9.17, 15) is 14.4 Å². The van der Waals surface area contributed by atoms with Crippen molar-refractivity contribution in [1.82, 2.24) is 10.2 Å². The summed E-state index contributed by atoms with van der Waals surface area (Å²) in [5, 5.41) is 5.78. The van der Waals surface area contributed by atoms with Crippen molar-refractivity contribution in [3.05, 3.63) is 88.9 Å². The fourth-order valence-electron chi connectivity index (χ4n) is 3.56. The standard InChI is InChI=1S/C25H22ClN3O4/c1-16-8-11-19(12-9-16)33-21-13-10-18(26)14-20(21)27-22(30)15-29-23(31)25(2,28-24(29)32)17-6-4-3-5-7-17/h3-14H,15H2,1-2H3,(H,27,30)(H,28,32). The van der Waals surface area contributed by atoms with Crippen LogP contribution < -0.4 is 15.4 Å². The van der Waals surface area contributed by atoms with Crippen molar-refractivity contribution in [3.63, 3.8) is 0 Å². The Labute approximate surface area is 196 Å². The number of ether oxygens (including phenoxy) is 1. The average molecular weight is 464 g/mol. The minimum atomic E-state index is -1.24. The second-order valence-corrected chi connectivity index (χ2v) is 8.35. The lowest BCUT2D eigenvalue weighted by Crippen LogP contribution is -2.42. The molecule has 0 aliphatic carbocycles. The minimum absolute atomic E-state index is 0.325. The molecule has 1 heterocycles. The van der Waals surface area contributed by atoms with Gasteiger partial charge in [-0.15, -0.1) is 0 Å². The third-order valence-electron chi connectivity index (χ3n) is 5.39. The van der Waals surface area contributed by atoms with E-state index in [0.29, 0.717) is 27.8 Å². The number of benzene rings is 3. The van der Waals surface area contributed by atoms with Gasteiger partial charge in [-0.2, -0.15) is 0 Å². The van der Waals surface area contributed by atoms with E-state index >= 15 is 0 Å². The van der Waals surface area contributed by atoms with Gasteiger partial charge in [-0.05, 0) is 49.7 Å². The van der Waals surface area contributed by atoms with Gasteiger partial charge in [0.05, 0.1) is 5.69 Å². The predicted molar refractivity (Wildman–Crippen MR) is 125 cm³/mol. The van der Waals surface area contributed by atoms with Crippen LogP contribution in [0.1, 0.15) is 18.1 Å². The van der Waals surface area contributed by atoms with Crippen LogP contribution in [0.5, 0.6) is 11.5 Å². The average Bonchev–Trinajstić information content (AvgIpc) is 3.01. The zero-order valence-electron chi connectivity index (χ0n) is 18.1. The van der Waals surface area contributed by atoms with Crippen LogP contribution in [-0.4, -0.2) is 29.3 Å². The molecule has 1 saturated heterocycles. The molecule has 3 aromatic carbocycles. The molecule has 7 nitrogen and oxygen atoms in total. The smallest absolute Gasteiger partial charge is 0.325 e. The Kier molecular flexibility index (Phi) is 6.07. The number of urea groups is 1. The molecule has 1 aliphatic heterocycles. The third kappa shape index (κ3) is 4.68. The van der Waals surface area contributed by atoms with E-state index in [1.165, 1.54) is 0 Å². The Bertz CT molecular complexity index is 1210. The fraction of sp³-hybridized carbons (Fsp3) is 0.160. The van der Waals surface area contributed by atoms with E-state index in [-0.39, 0.29) is 0 Å². The van der Waals surface area contributed by atoms with Crippen molar-refractivity contribution in [2.24, 2.45) is 0 Å². The van der Waals surface area contributed by atoms with Gasteiger partial charge in [-0.3, -0.25) is 14.5 Å². The second-order valence-electron chi connectivity index (χ2n) is 7.92. The van der Waals surface area contributed by atoms with Crippen LogP contribution in [0.4, 0.5) is 10.5 Å². The number of amides is 4. The zero-order chi connectivity index (χ0) is 23.6. The summed E-state index contributed by atoms with van der Waals surface area (Å²) in [6.07, 6.45) is 0. The molecule has 4 rings (SSSR count). The summed E-state index contributed by atoms with van der Waals surface area (Å²) in [4.78, 5) is 39.2. The summed E-state index contributed by atoms with van der Waals surface area (Å²) < 4.78 is 5.89. The lowest BCUT2D eigenvalue weighted by molar-refractivity contribution is -0.133. The number of aryl methyl sites for hydroxylation is 1. The molecule has 0 spiro atoms. The van der Waals surface area contributed by atoms with Gasteiger partial charge in [0.25, 0.3) is 5.91 Å². The molecule has 0 radical (unpaired) electrons. The maximum Gasteiger partial charge on any atom is 0.325 e. The fourth-order valence-corrected chi connectivity index (χ4v) is 3.74. The number of imide groups is 1. The minimum Gasteiger partial charge on any atom is -0.455 e. The first kappa shape index (κ1) is 22.4. The van der Waals surface area contributed by atoms with Crippen molar-refractivity contribution in [1.29, 1.82) is 0 Å². The van der Waals surface area contributed by atoms with Crippen LogP contribution in [0.2, 0.25) is 5.02 Å². The summed E-state index contributed by atoms with van der Waals surface area (Å²) >= 11 is 6.11. The van der Waals surface area contributed by atoms with E-state index < -0.39 is 29.9 Å². The molecule has 4 amide bonds. The van der Waals surface area contributed by atoms with Crippen LogP contribution in [0.3, 0.4) is 0 Å². The number of halogens is 1. The number of nitrogens with zero attached hydrogens (tertiary/aromatic N) is 1. The van der Waals surface area contributed by atoms with Crippen molar-refractivity contribution in [2.75, 3.05) is 11.9 Å². The molecule has 33 heavy (non-hydrogen) atoms. The molecule has 8 heteroatoms. The van der Waals surface area contributed by atoms with Crippen LogP contribution in [0.15, 0.2) is 72.8 Å². The van der Waals surface area contributed by atoms with Gasteiger partial charge in [-0.1, -0.05) is 59.6 Å². The highest BCUT2D eigenvalue weighted by Crippen LogP contribution is 2.33. The molecular weight excluding hydrogens is 442 g/mol. The van der Waals surface area contributed by atoms with Crippen LogP contribution in [-0.2, 0) is 15.1 Å². The van der Waals surface area contributed by atoms with Gasteiger partial charge in [-0.25, -0.2) is 4.79 Å². The number of hydrogen-bond donors (Lipinski definition) is 2. The van der Waals surface area contributed by atoms with Crippen molar-refractivity contribution in [2.45, 2.75) is 19.4 Å². The van der Waals surface area contributed by atoms with Crippen LogP contribution in [0.25, 0.3) is 0 Å². The maximum absolute atomic E-state index is 13.0. The molecule has 0 saturated carbocycles. The third-order valence-corrected chi connectivity index (χ3v) is 5.63. The second kappa shape index (κ2) is 8.96. The van der Waals surface area contributed by atoms with Crippen LogP contribution in [0, 0.1) is 6.92 Å². The molecule has 168 valence electrons. The van der Waals surface area contributed by atoms with Crippen molar-refractivity contribution >= 4 is 35.1 Å². The number of carbonyl (C=O) groups excluding carboxylic acids is 3. The molecule has 2 N–H and O–H groups in total. The Morgan fingerprint density at radius 1 is 1.06 bits per heavy atom. The Morgan fingerprint density at radius 3 is 2.45 bits per heavy atom. The monoisotopic (exact) mass is 463 g/mol. The zero-order valence-corrected chi connectivity index (χ0v) is 18.8. The van der Waals surface area contributed by atoms with Gasteiger partial charge in [0.2, 0.25) is 5.91 Å². The molecule has 0 aromatic heterocycles. The molecule has 1 aliphatic rings. The number of nitrogens with one attached hydrogen (secondary N) is 2. The number of anilines is 1. The lowest BCUT2D eigenvalue weighted by Gasteiger charge is -2.22. The van der Waals surface area contributed by atoms with Crippen molar-refractivity contribution in [3.8, 4) is 11.5 Å². The molecule has 3 aromatic rings. The Balaban J connectivity index is 1.50. The van der Waals surface area contributed by atoms with Gasteiger partial charge >= 0.3 is 6.03 Å². The first-order valence-electron chi connectivity index (χ1n) is 10.3. The first-order chi connectivity index (χ1) is 15.8. The number of rotatable bonds is 6. The van der Waals surface area contributed by atoms with E-state index in [1.807, 2.05) is 37.3 Å². The Morgan fingerprint density at radius 2 is 1.76 bits per heavy atom. The highest BCUT2D eigenvalue weighted by atomic mass is 35.5. The van der Waals surface area contributed by atoms with Gasteiger partial charge in [0, 0.05) is 5.02 Å². The largest absolute Gasteiger partial charge is 0.455 e. The molecule has 0 bridgehead atoms. The van der Waals surface area contributed by atoms with E-state index in [4.69, 9.17) is 16.3 Å². The van der Waals surface area contributed by atoms with Crippen molar-refractivity contribution < 1.29 is 19.1 Å². The van der Waals surface area contributed by atoms with E-state index in [0.717, 1.165) is 10.5 Å².